The van der Waals surface area contributed by atoms with E-state index in [0.717, 1.165) is 30.6 Å². The van der Waals surface area contributed by atoms with Crippen LogP contribution in [0, 0.1) is 23.7 Å². The minimum atomic E-state index is -0.913. The van der Waals surface area contributed by atoms with Crippen LogP contribution in [0.2, 0.25) is 0 Å². The third-order valence-electron chi connectivity index (χ3n) is 6.49. The number of hydrogen-bond donors (Lipinski definition) is 2. The number of ether oxygens (including phenoxy) is 2. The Labute approximate surface area is 190 Å². The Morgan fingerprint density at radius 3 is 2.38 bits per heavy atom. The Bertz CT molecular complexity index is 1010. The molecule has 0 radical (unpaired) electrons. The second-order valence-corrected chi connectivity index (χ2v) is 9.12. The first-order chi connectivity index (χ1) is 15.4. The first-order valence-electron chi connectivity index (χ1n) is 11.0. The molecule has 7 nitrogen and oxygen atoms in total. The maximum absolute atomic E-state index is 13.2. The Balaban J connectivity index is 1.63. The predicted molar refractivity (Wildman–Crippen MR) is 121 cm³/mol. The van der Waals surface area contributed by atoms with E-state index in [-0.39, 0.29) is 24.3 Å². The number of hydrogen-bond acceptors (Lipinski definition) is 6. The molecule has 1 amide bonds. The molecule has 2 aliphatic carbocycles. The second kappa shape index (κ2) is 9.32. The van der Waals surface area contributed by atoms with Gasteiger partial charge in [-0.1, -0.05) is 12.1 Å². The molecule has 2 aromatic rings. The van der Waals surface area contributed by atoms with Crippen LogP contribution in [0.15, 0.2) is 29.6 Å². The number of fused-ring (bicyclic) bond motifs is 2. The summed E-state index contributed by atoms with van der Waals surface area (Å²) in [4.78, 5) is 37.8. The number of nitrogens with one attached hydrogen (secondary N) is 1. The van der Waals surface area contributed by atoms with E-state index in [1.165, 1.54) is 11.3 Å². The van der Waals surface area contributed by atoms with Crippen LogP contribution in [0.4, 0.5) is 5.00 Å². The van der Waals surface area contributed by atoms with E-state index in [1.54, 1.807) is 6.92 Å². The lowest BCUT2D eigenvalue weighted by molar-refractivity contribution is -0.148. The van der Waals surface area contributed by atoms with Gasteiger partial charge in [0, 0.05) is 10.9 Å². The monoisotopic (exact) mass is 457 g/mol. The molecule has 2 bridgehead atoms. The molecule has 2 N–H and O–H groups in total. The number of carbonyl (C=O) groups is 3. The zero-order valence-corrected chi connectivity index (χ0v) is 18.9. The van der Waals surface area contributed by atoms with Crippen LogP contribution in [0.25, 0.3) is 11.1 Å². The lowest BCUT2D eigenvalue weighted by Gasteiger charge is -2.27. The highest BCUT2D eigenvalue weighted by atomic mass is 32.1. The van der Waals surface area contributed by atoms with Gasteiger partial charge in [0.15, 0.2) is 0 Å². The highest BCUT2D eigenvalue weighted by molar-refractivity contribution is 7.15. The van der Waals surface area contributed by atoms with Gasteiger partial charge in [-0.15, -0.1) is 11.3 Å². The van der Waals surface area contributed by atoms with Crippen molar-refractivity contribution in [2.24, 2.45) is 23.7 Å². The van der Waals surface area contributed by atoms with E-state index in [1.807, 2.05) is 36.6 Å². The Morgan fingerprint density at radius 1 is 1.06 bits per heavy atom. The summed E-state index contributed by atoms with van der Waals surface area (Å²) in [5.41, 5.74) is 1.76. The number of carbonyl (C=O) groups excluding carboxylic acids is 2. The summed E-state index contributed by atoms with van der Waals surface area (Å²) in [6.45, 7) is 4.40. The van der Waals surface area contributed by atoms with Gasteiger partial charge < -0.3 is 19.9 Å². The Morgan fingerprint density at radius 2 is 1.75 bits per heavy atom. The van der Waals surface area contributed by atoms with Gasteiger partial charge in [0.25, 0.3) is 0 Å². The molecule has 0 saturated heterocycles. The van der Waals surface area contributed by atoms with Crippen molar-refractivity contribution in [2.75, 3.05) is 18.5 Å². The van der Waals surface area contributed by atoms with Crippen LogP contribution in [0.1, 0.15) is 43.5 Å². The number of aliphatic carboxylic acids is 1. The molecule has 0 spiro atoms. The molecule has 0 aliphatic heterocycles. The number of carboxylic acid groups (broad SMARTS) is 1. The zero-order valence-electron chi connectivity index (χ0n) is 18.1. The Kier molecular flexibility index (Phi) is 6.50. The van der Waals surface area contributed by atoms with Crippen molar-refractivity contribution in [1.29, 1.82) is 0 Å². The molecular weight excluding hydrogens is 430 g/mol. The molecule has 8 heteroatoms. The number of amides is 1. The van der Waals surface area contributed by atoms with Gasteiger partial charge >= 0.3 is 11.9 Å². The molecule has 1 aromatic heterocycles. The van der Waals surface area contributed by atoms with Crippen LogP contribution >= 0.6 is 11.3 Å². The lowest BCUT2D eigenvalue weighted by Crippen LogP contribution is -2.37. The molecule has 1 aromatic carbocycles. The minimum Gasteiger partial charge on any atom is -0.494 e. The number of carboxylic acids is 1. The Hall–Kier alpha value is -2.87. The summed E-state index contributed by atoms with van der Waals surface area (Å²) in [7, 11) is 0. The first-order valence-corrected chi connectivity index (χ1v) is 11.9. The number of esters is 1. The highest BCUT2D eigenvalue weighted by Crippen LogP contribution is 2.53. The highest BCUT2D eigenvalue weighted by Gasteiger charge is 2.54. The van der Waals surface area contributed by atoms with Gasteiger partial charge in [-0.25, -0.2) is 4.79 Å². The first kappa shape index (κ1) is 22.3. The van der Waals surface area contributed by atoms with Crippen LogP contribution in [0.3, 0.4) is 0 Å². The number of anilines is 1. The lowest BCUT2D eigenvalue weighted by atomic mass is 9.79. The molecule has 2 aliphatic rings. The summed E-state index contributed by atoms with van der Waals surface area (Å²) in [6.07, 6.45) is 2.52. The third kappa shape index (κ3) is 4.11. The van der Waals surface area contributed by atoms with E-state index in [0.29, 0.717) is 22.7 Å². The van der Waals surface area contributed by atoms with Crippen LogP contribution in [-0.4, -0.2) is 36.2 Å². The van der Waals surface area contributed by atoms with Gasteiger partial charge in [0.05, 0.1) is 25.0 Å². The summed E-state index contributed by atoms with van der Waals surface area (Å²) >= 11 is 1.24. The fraction of sp³-hybridized carbons (Fsp3) is 0.458. The molecule has 32 heavy (non-hydrogen) atoms. The minimum absolute atomic E-state index is 0.0560. The predicted octanol–water partition coefficient (Wildman–Crippen LogP) is 4.68. The summed E-state index contributed by atoms with van der Waals surface area (Å²) < 4.78 is 10.8. The third-order valence-corrected chi connectivity index (χ3v) is 7.38. The average molecular weight is 458 g/mol. The van der Waals surface area contributed by atoms with E-state index in [9.17, 15) is 19.5 Å². The van der Waals surface area contributed by atoms with Gasteiger partial charge in [0.1, 0.15) is 16.3 Å². The van der Waals surface area contributed by atoms with E-state index >= 15 is 0 Å². The maximum atomic E-state index is 13.2. The molecule has 0 unspecified atom stereocenters. The molecule has 4 atom stereocenters. The summed E-state index contributed by atoms with van der Waals surface area (Å²) in [6, 6.07) is 7.38. The fourth-order valence-corrected chi connectivity index (χ4v) is 6.15. The normalized spacial score (nSPS) is 23.7. The molecule has 4 rings (SSSR count). The molecule has 1 heterocycles. The average Bonchev–Trinajstić information content (AvgIpc) is 3.49. The number of thiophene rings is 1. The van der Waals surface area contributed by atoms with Crippen molar-refractivity contribution in [2.45, 2.75) is 33.1 Å². The number of rotatable bonds is 8. The van der Waals surface area contributed by atoms with Crippen molar-refractivity contribution >= 4 is 34.2 Å². The summed E-state index contributed by atoms with van der Waals surface area (Å²) in [5.74, 6) is -2.12. The van der Waals surface area contributed by atoms with Gasteiger partial charge in [-0.3, -0.25) is 9.59 Å². The molecule has 170 valence electrons. The van der Waals surface area contributed by atoms with Crippen molar-refractivity contribution in [3.05, 3.63) is 35.2 Å². The fourth-order valence-electron chi connectivity index (χ4n) is 5.18. The summed E-state index contributed by atoms with van der Waals surface area (Å²) in [5, 5.41) is 14.8. The zero-order chi connectivity index (χ0) is 22.8. The van der Waals surface area contributed by atoms with Gasteiger partial charge in [-0.05, 0) is 62.6 Å². The quantitative estimate of drug-likeness (QED) is 0.558. The smallest absolute Gasteiger partial charge is 0.341 e. The van der Waals surface area contributed by atoms with E-state index in [2.05, 4.69) is 5.32 Å². The van der Waals surface area contributed by atoms with Crippen LogP contribution in [0.5, 0.6) is 5.75 Å². The van der Waals surface area contributed by atoms with Crippen molar-refractivity contribution in [1.82, 2.24) is 0 Å². The van der Waals surface area contributed by atoms with E-state index in [4.69, 9.17) is 9.47 Å². The SMILES string of the molecule is CCOC(=O)c1c(-c2ccc(OCC)cc2)csc1NC(=O)[C@@H]1[C@H]2CC[C@@H](C2)[C@@H]1C(=O)O. The van der Waals surface area contributed by atoms with Gasteiger partial charge in [0.2, 0.25) is 5.91 Å². The van der Waals surface area contributed by atoms with Crippen molar-refractivity contribution in [3.63, 3.8) is 0 Å². The van der Waals surface area contributed by atoms with Crippen molar-refractivity contribution < 1.29 is 29.0 Å². The molecule has 2 fully saturated rings. The van der Waals surface area contributed by atoms with Crippen LogP contribution < -0.4 is 10.1 Å². The standard InChI is InChI=1S/C24H27NO6S/c1-3-30-16-9-7-13(8-10-16)17-12-32-22(20(17)24(29)31-4-2)25-21(26)18-14-5-6-15(11-14)19(18)23(27)28/h7-10,12,14-15,18-19H,3-6,11H2,1-2H3,(H,25,26)(H,27,28)/t14-,15-,18+,19-/m0/s1. The number of benzene rings is 1. The molecular formula is C24H27NO6S. The van der Waals surface area contributed by atoms with Gasteiger partial charge in [-0.2, -0.15) is 0 Å². The van der Waals surface area contributed by atoms with E-state index < -0.39 is 23.8 Å². The maximum Gasteiger partial charge on any atom is 0.341 e. The topological polar surface area (TPSA) is 102 Å². The van der Waals surface area contributed by atoms with Crippen molar-refractivity contribution in [3.8, 4) is 16.9 Å². The largest absolute Gasteiger partial charge is 0.494 e. The molecule has 2 saturated carbocycles. The van der Waals surface area contributed by atoms with Crippen LogP contribution in [-0.2, 0) is 14.3 Å². The second-order valence-electron chi connectivity index (χ2n) is 8.24.